The van der Waals surface area contributed by atoms with Crippen molar-refractivity contribution in [2.24, 2.45) is 0 Å². The maximum Gasteiger partial charge on any atom is 0.258 e. The molecule has 0 fully saturated rings. The molecule has 0 aliphatic carbocycles. The highest BCUT2D eigenvalue weighted by molar-refractivity contribution is 5.88. The molecule has 134 valence electrons. The minimum absolute atomic E-state index is 0.0147. The van der Waals surface area contributed by atoms with Crippen molar-refractivity contribution < 1.29 is 14.3 Å². The van der Waals surface area contributed by atoms with Gasteiger partial charge in [0.15, 0.2) is 6.61 Å². The van der Waals surface area contributed by atoms with Crippen molar-refractivity contribution in [3.63, 3.8) is 0 Å². The molecule has 0 saturated carbocycles. The number of benzene rings is 3. The Morgan fingerprint density at radius 2 is 1.69 bits per heavy atom. The number of ether oxygens (including phenoxy) is 2. The van der Waals surface area contributed by atoms with Gasteiger partial charge in [-0.1, -0.05) is 55.5 Å². The lowest BCUT2D eigenvalue weighted by Crippen LogP contribution is -2.32. The van der Waals surface area contributed by atoms with Gasteiger partial charge in [0.25, 0.3) is 5.91 Å². The van der Waals surface area contributed by atoms with E-state index in [0.29, 0.717) is 18.9 Å². The van der Waals surface area contributed by atoms with Crippen molar-refractivity contribution in [1.29, 1.82) is 0 Å². The second-order valence-electron chi connectivity index (χ2n) is 5.96. The largest absolute Gasteiger partial charge is 0.492 e. The fraction of sp³-hybridized carbons (Fsp3) is 0.227. The zero-order valence-electron chi connectivity index (χ0n) is 14.9. The number of fused-ring (bicyclic) bond motifs is 1. The molecule has 1 N–H and O–H groups in total. The maximum absolute atomic E-state index is 12.0. The fourth-order valence-electron chi connectivity index (χ4n) is 2.70. The SMILES string of the molecule is CCc1ccc(OCCNC(=O)COc2cccc3ccccc23)cc1. The number of rotatable bonds is 8. The average Bonchev–Trinajstić information content (AvgIpc) is 2.70. The predicted octanol–water partition coefficient (Wildman–Crippen LogP) is 3.98. The van der Waals surface area contributed by atoms with E-state index in [1.54, 1.807) is 0 Å². The van der Waals surface area contributed by atoms with E-state index in [0.717, 1.165) is 22.9 Å². The summed E-state index contributed by atoms with van der Waals surface area (Å²) in [7, 11) is 0. The normalized spacial score (nSPS) is 10.5. The van der Waals surface area contributed by atoms with E-state index < -0.39 is 0 Å². The molecule has 0 atom stereocenters. The van der Waals surface area contributed by atoms with Crippen LogP contribution in [-0.4, -0.2) is 25.7 Å². The van der Waals surface area contributed by atoms with Crippen LogP contribution in [-0.2, 0) is 11.2 Å². The van der Waals surface area contributed by atoms with Crippen LogP contribution in [0, 0.1) is 0 Å². The maximum atomic E-state index is 12.0. The van der Waals surface area contributed by atoms with E-state index >= 15 is 0 Å². The standard InChI is InChI=1S/C22H23NO3/c1-2-17-10-12-19(13-11-17)25-15-14-23-22(24)16-26-21-9-5-7-18-6-3-4-8-20(18)21/h3-13H,2,14-16H2,1H3,(H,23,24). The first kappa shape index (κ1) is 17.8. The molecular weight excluding hydrogens is 326 g/mol. The lowest BCUT2D eigenvalue weighted by Gasteiger charge is -2.10. The zero-order chi connectivity index (χ0) is 18.2. The summed E-state index contributed by atoms with van der Waals surface area (Å²) in [4.78, 5) is 12.0. The number of hydrogen-bond donors (Lipinski definition) is 1. The first-order valence-corrected chi connectivity index (χ1v) is 8.85. The number of carbonyl (C=O) groups is 1. The van der Waals surface area contributed by atoms with Crippen LogP contribution < -0.4 is 14.8 Å². The van der Waals surface area contributed by atoms with Gasteiger partial charge in [-0.3, -0.25) is 4.79 Å². The molecule has 0 heterocycles. The summed E-state index contributed by atoms with van der Waals surface area (Å²) < 4.78 is 11.3. The Balaban J connectivity index is 1.41. The van der Waals surface area contributed by atoms with Gasteiger partial charge in [0.05, 0.1) is 6.54 Å². The number of hydrogen-bond acceptors (Lipinski definition) is 3. The van der Waals surface area contributed by atoms with Crippen LogP contribution >= 0.6 is 0 Å². The van der Waals surface area contributed by atoms with Gasteiger partial charge in [-0.05, 0) is 35.6 Å². The van der Waals surface area contributed by atoms with Crippen LogP contribution in [0.5, 0.6) is 11.5 Å². The van der Waals surface area contributed by atoms with Crippen LogP contribution in [0.25, 0.3) is 10.8 Å². The minimum atomic E-state index is -0.164. The molecule has 3 rings (SSSR count). The topological polar surface area (TPSA) is 47.6 Å². The van der Waals surface area contributed by atoms with Crippen LogP contribution in [0.15, 0.2) is 66.7 Å². The summed E-state index contributed by atoms with van der Waals surface area (Å²) in [6.07, 6.45) is 1.01. The van der Waals surface area contributed by atoms with Gasteiger partial charge in [-0.25, -0.2) is 0 Å². The minimum Gasteiger partial charge on any atom is -0.492 e. The number of carbonyl (C=O) groups excluding carboxylic acids is 1. The molecule has 0 spiro atoms. The van der Waals surface area contributed by atoms with Crippen LogP contribution in [0.3, 0.4) is 0 Å². The summed E-state index contributed by atoms with van der Waals surface area (Å²) in [5.41, 5.74) is 1.27. The molecule has 4 nitrogen and oxygen atoms in total. The van der Waals surface area contributed by atoms with Crippen molar-refractivity contribution in [2.45, 2.75) is 13.3 Å². The van der Waals surface area contributed by atoms with E-state index in [2.05, 4.69) is 12.2 Å². The van der Waals surface area contributed by atoms with Gasteiger partial charge < -0.3 is 14.8 Å². The third kappa shape index (κ3) is 4.76. The lowest BCUT2D eigenvalue weighted by atomic mass is 10.1. The second-order valence-corrected chi connectivity index (χ2v) is 5.96. The zero-order valence-corrected chi connectivity index (χ0v) is 14.9. The second kappa shape index (κ2) is 8.90. The monoisotopic (exact) mass is 349 g/mol. The van der Waals surface area contributed by atoms with Gasteiger partial charge in [0.2, 0.25) is 0 Å². The number of nitrogens with one attached hydrogen (secondary N) is 1. The highest BCUT2D eigenvalue weighted by Gasteiger charge is 2.05. The highest BCUT2D eigenvalue weighted by atomic mass is 16.5. The molecule has 0 unspecified atom stereocenters. The Morgan fingerprint density at radius 3 is 2.50 bits per heavy atom. The van der Waals surface area contributed by atoms with Crippen LogP contribution in [0.1, 0.15) is 12.5 Å². The molecule has 0 saturated heterocycles. The molecule has 0 aliphatic heterocycles. The molecule has 1 amide bonds. The Morgan fingerprint density at radius 1 is 0.923 bits per heavy atom. The van der Waals surface area contributed by atoms with Gasteiger partial charge in [0, 0.05) is 5.39 Å². The Labute approximate surface area is 153 Å². The van der Waals surface area contributed by atoms with E-state index in [1.165, 1.54) is 5.56 Å². The Kier molecular flexibility index (Phi) is 6.09. The average molecular weight is 349 g/mol. The molecule has 26 heavy (non-hydrogen) atoms. The molecule has 0 aromatic heterocycles. The summed E-state index contributed by atoms with van der Waals surface area (Å²) in [5.74, 6) is 1.36. The summed E-state index contributed by atoms with van der Waals surface area (Å²) in [6.45, 7) is 2.96. The van der Waals surface area contributed by atoms with E-state index in [4.69, 9.17) is 9.47 Å². The third-order valence-corrected chi connectivity index (χ3v) is 4.13. The van der Waals surface area contributed by atoms with Crippen LogP contribution in [0.4, 0.5) is 0 Å². The van der Waals surface area contributed by atoms with Crippen molar-refractivity contribution in [3.8, 4) is 11.5 Å². The summed E-state index contributed by atoms with van der Waals surface area (Å²) in [5, 5.41) is 4.90. The molecule has 0 aliphatic rings. The fourth-order valence-corrected chi connectivity index (χ4v) is 2.70. The van der Waals surface area contributed by atoms with Crippen molar-refractivity contribution in [3.05, 3.63) is 72.3 Å². The predicted molar refractivity (Wildman–Crippen MR) is 104 cm³/mol. The summed E-state index contributed by atoms with van der Waals surface area (Å²) in [6, 6.07) is 21.8. The highest BCUT2D eigenvalue weighted by Crippen LogP contribution is 2.24. The van der Waals surface area contributed by atoms with Crippen molar-refractivity contribution in [1.82, 2.24) is 5.32 Å². The number of aryl methyl sites for hydroxylation is 1. The van der Waals surface area contributed by atoms with Crippen LogP contribution in [0.2, 0.25) is 0 Å². The van der Waals surface area contributed by atoms with E-state index in [9.17, 15) is 4.79 Å². The third-order valence-electron chi connectivity index (χ3n) is 4.13. The first-order valence-electron chi connectivity index (χ1n) is 8.85. The smallest absolute Gasteiger partial charge is 0.258 e. The van der Waals surface area contributed by atoms with Crippen molar-refractivity contribution >= 4 is 16.7 Å². The summed E-state index contributed by atoms with van der Waals surface area (Å²) >= 11 is 0. The van der Waals surface area contributed by atoms with Gasteiger partial charge in [-0.2, -0.15) is 0 Å². The molecule has 3 aromatic rings. The molecular formula is C22H23NO3. The molecule has 0 radical (unpaired) electrons. The van der Waals surface area contributed by atoms with E-state index in [1.807, 2.05) is 66.7 Å². The Bertz CT molecular complexity index is 853. The first-order chi connectivity index (χ1) is 12.8. The van der Waals surface area contributed by atoms with Gasteiger partial charge in [-0.15, -0.1) is 0 Å². The van der Waals surface area contributed by atoms with Gasteiger partial charge in [0.1, 0.15) is 18.1 Å². The quantitative estimate of drug-likeness (QED) is 0.626. The number of amides is 1. The molecule has 0 bridgehead atoms. The molecule has 3 aromatic carbocycles. The Hall–Kier alpha value is -3.01. The van der Waals surface area contributed by atoms with Gasteiger partial charge >= 0.3 is 0 Å². The van der Waals surface area contributed by atoms with Crippen molar-refractivity contribution in [2.75, 3.05) is 19.8 Å². The lowest BCUT2D eigenvalue weighted by molar-refractivity contribution is -0.123. The van der Waals surface area contributed by atoms with E-state index in [-0.39, 0.29) is 12.5 Å². The molecule has 4 heteroatoms.